The lowest BCUT2D eigenvalue weighted by Crippen LogP contribution is -2.15. The number of nitrogens with zero attached hydrogens (tertiary/aromatic N) is 2. The van der Waals surface area contributed by atoms with Crippen molar-refractivity contribution < 1.29 is 0 Å². The summed E-state index contributed by atoms with van der Waals surface area (Å²) in [4.78, 5) is 2.30. The summed E-state index contributed by atoms with van der Waals surface area (Å²) in [5.41, 5.74) is 25.9. The Labute approximate surface area is 423 Å². The zero-order chi connectivity index (χ0) is 48.6. The van der Waals surface area contributed by atoms with Crippen LogP contribution in [0.15, 0.2) is 243 Å². The van der Waals surface area contributed by atoms with Crippen LogP contribution in [0.5, 0.6) is 0 Å². The Morgan fingerprint density at radius 3 is 1.35 bits per heavy atom. The minimum Gasteiger partial charge on any atom is -0.311 e. The second-order valence-electron chi connectivity index (χ2n) is 20.5. The van der Waals surface area contributed by atoms with Gasteiger partial charge >= 0.3 is 0 Å². The third kappa shape index (κ3) is 7.09. The minimum atomic E-state index is -0.219. The standard InChI is InChI=1S/C70H54N2/c1-69(2)62-42-48(31-30-47-32-37-56(38-33-47)71(53-24-14-7-15-25-53)54-26-16-8-17-27-54)34-39-57(62)58-40-35-51(43-63(58)69)52-36-41-59-60-45-61-66(46-65(60)70(3,4)64(59)44-52)72(55-28-18-9-19-29-55)68(50-22-12-6-13-23-50)67(61)49-20-10-5-11-21-49/h5-46H,1-4H3/b31-30+. The Morgan fingerprint density at radius 2 is 0.778 bits per heavy atom. The van der Waals surface area contributed by atoms with Crippen molar-refractivity contribution in [1.29, 1.82) is 0 Å². The fourth-order valence-electron chi connectivity index (χ4n) is 11.9. The van der Waals surface area contributed by atoms with Crippen LogP contribution in [0.1, 0.15) is 61.1 Å². The maximum absolute atomic E-state index is 2.50. The fraction of sp³-hybridized carbons (Fsp3) is 0.0857. The van der Waals surface area contributed by atoms with Gasteiger partial charge in [-0.25, -0.2) is 0 Å². The summed E-state index contributed by atoms with van der Waals surface area (Å²) in [5, 5.41) is 1.26. The molecule has 0 N–H and O–H groups in total. The number of hydrogen-bond acceptors (Lipinski definition) is 1. The third-order valence-electron chi connectivity index (χ3n) is 15.6. The molecule has 0 fully saturated rings. The molecule has 10 aromatic carbocycles. The molecule has 0 atom stereocenters. The molecule has 11 aromatic rings. The molecular weight excluding hydrogens is 869 g/mol. The second-order valence-corrected chi connectivity index (χ2v) is 20.5. The summed E-state index contributed by atoms with van der Waals surface area (Å²) in [6.45, 7) is 9.60. The van der Waals surface area contributed by atoms with Gasteiger partial charge in [0.2, 0.25) is 0 Å². The topological polar surface area (TPSA) is 8.17 Å². The lowest BCUT2D eigenvalue weighted by Gasteiger charge is -2.25. The van der Waals surface area contributed by atoms with Crippen molar-refractivity contribution in [2.24, 2.45) is 0 Å². The van der Waals surface area contributed by atoms with Crippen LogP contribution in [-0.2, 0) is 10.8 Å². The first-order valence-electron chi connectivity index (χ1n) is 25.2. The third-order valence-corrected chi connectivity index (χ3v) is 15.6. The Kier molecular flexibility index (Phi) is 10.2. The van der Waals surface area contributed by atoms with E-state index in [-0.39, 0.29) is 10.8 Å². The first kappa shape index (κ1) is 43.3. The van der Waals surface area contributed by atoms with Crippen molar-refractivity contribution in [3.05, 3.63) is 276 Å². The normalized spacial score (nSPS) is 13.7. The van der Waals surface area contributed by atoms with Crippen LogP contribution < -0.4 is 4.90 Å². The average molecular weight is 923 g/mol. The van der Waals surface area contributed by atoms with Crippen LogP contribution in [0.2, 0.25) is 0 Å². The van der Waals surface area contributed by atoms with E-state index >= 15 is 0 Å². The van der Waals surface area contributed by atoms with Crippen molar-refractivity contribution in [3.63, 3.8) is 0 Å². The summed E-state index contributed by atoms with van der Waals surface area (Å²) < 4.78 is 2.49. The van der Waals surface area contributed by atoms with Gasteiger partial charge in [-0.15, -0.1) is 0 Å². The van der Waals surface area contributed by atoms with Crippen molar-refractivity contribution in [1.82, 2.24) is 4.57 Å². The molecule has 2 nitrogen and oxygen atoms in total. The van der Waals surface area contributed by atoms with Gasteiger partial charge in [0.1, 0.15) is 0 Å². The molecule has 0 spiro atoms. The molecule has 72 heavy (non-hydrogen) atoms. The minimum absolute atomic E-state index is 0.162. The number of fused-ring (bicyclic) bond motifs is 7. The molecule has 344 valence electrons. The van der Waals surface area contributed by atoms with Gasteiger partial charge in [-0.3, -0.25) is 0 Å². The highest BCUT2D eigenvalue weighted by atomic mass is 15.1. The molecule has 0 aliphatic heterocycles. The first-order chi connectivity index (χ1) is 35.2. The molecule has 1 aromatic heterocycles. The summed E-state index contributed by atoms with van der Waals surface area (Å²) in [5.74, 6) is 0. The predicted molar refractivity (Wildman–Crippen MR) is 305 cm³/mol. The monoisotopic (exact) mass is 922 g/mol. The molecule has 0 bridgehead atoms. The van der Waals surface area contributed by atoms with Crippen molar-refractivity contribution >= 4 is 40.1 Å². The molecule has 2 aliphatic carbocycles. The van der Waals surface area contributed by atoms with Gasteiger partial charge in [0.15, 0.2) is 0 Å². The molecule has 2 heteroatoms. The van der Waals surface area contributed by atoms with E-state index in [0.29, 0.717) is 0 Å². The fourth-order valence-corrected chi connectivity index (χ4v) is 11.9. The van der Waals surface area contributed by atoms with E-state index in [1.165, 1.54) is 94.5 Å². The molecule has 1 heterocycles. The smallest absolute Gasteiger partial charge is 0.0619 e. The van der Waals surface area contributed by atoms with E-state index < -0.39 is 0 Å². The number of benzene rings is 10. The molecule has 0 unspecified atom stereocenters. The van der Waals surface area contributed by atoms with Crippen molar-refractivity contribution in [2.75, 3.05) is 4.90 Å². The number of aromatic nitrogens is 1. The van der Waals surface area contributed by atoms with Crippen LogP contribution in [0, 0.1) is 0 Å². The lowest BCUT2D eigenvalue weighted by molar-refractivity contribution is 0.659. The highest BCUT2D eigenvalue weighted by Crippen LogP contribution is 2.55. The van der Waals surface area contributed by atoms with Gasteiger partial charge in [-0.2, -0.15) is 0 Å². The molecule has 0 saturated heterocycles. The summed E-state index contributed by atoms with van der Waals surface area (Å²) in [6.07, 6.45) is 4.49. The van der Waals surface area contributed by atoms with Crippen LogP contribution in [-0.4, -0.2) is 4.57 Å². The van der Waals surface area contributed by atoms with Crippen molar-refractivity contribution in [2.45, 2.75) is 38.5 Å². The first-order valence-corrected chi connectivity index (χ1v) is 25.2. The van der Waals surface area contributed by atoms with Crippen LogP contribution >= 0.6 is 0 Å². The number of hydrogen-bond donors (Lipinski definition) is 0. The molecule has 2 aliphatic rings. The highest BCUT2D eigenvalue weighted by Gasteiger charge is 2.39. The maximum Gasteiger partial charge on any atom is 0.0619 e. The second kappa shape index (κ2) is 17.0. The predicted octanol–water partition coefficient (Wildman–Crippen LogP) is 18.9. The van der Waals surface area contributed by atoms with E-state index in [0.717, 1.165) is 28.3 Å². The lowest BCUT2D eigenvalue weighted by atomic mass is 9.80. The van der Waals surface area contributed by atoms with Gasteiger partial charge in [0.05, 0.1) is 11.2 Å². The molecule has 0 radical (unpaired) electrons. The van der Waals surface area contributed by atoms with Crippen LogP contribution in [0.4, 0.5) is 17.1 Å². The van der Waals surface area contributed by atoms with E-state index in [9.17, 15) is 0 Å². The van der Waals surface area contributed by atoms with Gasteiger partial charge < -0.3 is 9.47 Å². The number of para-hydroxylation sites is 3. The van der Waals surface area contributed by atoms with Crippen LogP contribution in [0.3, 0.4) is 0 Å². The Hall–Kier alpha value is -8.72. The van der Waals surface area contributed by atoms with E-state index in [2.05, 4.69) is 292 Å². The zero-order valence-corrected chi connectivity index (χ0v) is 41.1. The molecule has 0 saturated carbocycles. The SMILES string of the molecule is CC1(C)c2cc(/C=C/c3ccc(N(c4ccccc4)c4ccccc4)cc3)ccc2-c2ccc(-c3ccc4c(c3)C(C)(C)c3cc5c(cc3-4)c(-c3ccccc3)c(-c3ccccc3)n5-c3ccccc3)cc21. The Morgan fingerprint density at radius 1 is 0.347 bits per heavy atom. The summed E-state index contributed by atoms with van der Waals surface area (Å²) in [6, 6.07) is 89.1. The van der Waals surface area contributed by atoms with Crippen molar-refractivity contribution in [3.8, 4) is 61.5 Å². The Balaban J connectivity index is 0.827. The quantitative estimate of drug-likeness (QED) is 0.131. The van der Waals surface area contributed by atoms with Crippen LogP contribution in [0.25, 0.3) is 84.5 Å². The average Bonchev–Trinajstić information content (AvgIpc) is 3.97. The molecule has 0 amide bonds. The van der Waals surface area contributed by atoms with Gasteiger partial charge in [0, 0.05) is 44.5 Å². The van der Waals surface area contributed by atoms with Gasteiger partial charge in [-0.05, 0) is 151 Å². The number of rotatable bonds is 9. The van der Waals surface area contributed by atoms with Gasteiger partial charge in [0.25, 0.3) is 0 Å². The summed E-state index contributed by atoms with van der Waals surface area (Å²) in [7, 11) is 0. The molecular formula is C70H54N2. The molecule has 13 rings (SSSR count). The maximum atomic E-state index is 2.50. The highest BCUT2D eigenvalue weighted by molar-refractivity contribution is 6.08. The van der Waals surface area contributed by atoms with E-state index in [1.807, 2.05) is 0 Å². The largest absolute Gasteiger partial charge is 0.311 e. The van der Waals surface area contributed by atoms with Gasteiger partial charge in [-0.1, -0.05) is 210 Å². The summed E-state index contributed by atoms with van der Waals surface area (Å²) >= 11 is 0. The van der Waals surface area contributed by atoms with E-state index in [4.69, 9.17) is 0 Å². The zero-order valence-electron chi connectivity index (χ0n) is 41.1. The van der Waals surface area contributed by atoms with E-state index in [1.54, 1.807) is 0 Å². The Bertz CT molecular complexity index is 3820. The number of anilines is 3.